The number of aliphatic hydroxyl groups is 2. The highest BCUT2D eigenvalue weighted by molar-refractivity contribution is 5.76. The quantitative estimate of drug-likeness (QED) is 0.0428. The molecule has 0 aliphatic heterocycles. The van der Waals surface area contributed by atoms with E-state index in [1.54, 1.807) is 0 Å². The predicted octanol–water partition coefficient (Wildman–Crippen LogP) is 13.2. The molecule has 0 aromatic carbocycles. The Morgan fingerprint density at radius 1 is 0.462 bits per heavy atom. The van der Waals surface area contributed by atoms with E-state index in [9.17, 15) is 19.8 Å². The summed E-state index contributed by atoms with van der Waals surface area (Å²) in [6.45, 7) is 4.89. The van der Waals surface area contributed by atoms with Gasteiger partial charge in [0.1, 0.15) is 0 Å². The zero-order valence-electron chi connectivity index (χ0n) is 35.1. The minimum atomic E-state index is -0.678. The lowest BCUT2D eigenvalue weighted by Gasteiger charge is -2.22. The molecule has 0 heterocycles. The Labute approximate surface area is 324 Å². The van der Waals surface area contributed by atoms with Gasteiger partial charge in [0, 0.05) is 12.8 Å². The van der Waals surface area contributed by atoms with Crippen molar-refractivity contribution in [1.82, 2.24) is 5.32 Å². The van der Waals surface area contributed by atoms with Crippen molar-refractivity contribution in [2.75, 3.05) is 13.2 Å². The van der Waals surface area contributed by atoms with Crippen molar-refractivity contribution in [3.63, 3.8) is 0 Å². The fraction of sp³-hybridized carbons (Fsp3) is 0.957. The number of amides is 1. The van der Waals surface area contributed by atoms with Gasteiger partial charge in [-0.2, -0.15) is 0 Å². The Morgan fingerprint density at radius 2 is 0.788 bits per heavy atom. The first-order valence-corrected chi connectivity index (χ1v) is 23.3. The van der Waals surface area contributed by atoms with Crippen LogP contribution in [-0.2, 0) is 14.3 Å². The maximum absolute atomic E-state index is 12.4. The molecule has 0 radical (unpaired) electrons. The van der Waals surface area contributed by atoms with Gasteiger partial charge < -0.3 is 20.3 Å². The van der Waals surface area contributed by atoms with Crippen LogP contribution in [0, 0.1) is 0 Å². The fourth-order valence-corrected chi connectivity index (χ4v) is 7.29. The molecule has 1 amide bonds. The average molecular weight is 738 g/mol. The van der Waals surface area contributed by atoms with Crippen LogP contribution in [0.15, 0.2) is 0 Å². The molecule has 0 aromatic rings. The van der Waals surface area contributed by atoms with Gasteiger partial charge in [0.2, 0.25) is 5.91 Å². The first-order valence-electron chi connectivity index (χ1n) is 23.3. The highest BCUT2D eigenvalue weighted by Gasteiger charge is 2.20. The molecule has 2 atom stereocenters. The molecule has 0 saturated heterocycles. The SMILES string of the molecule is CCCCCCCCCCCCCCCCC(=O)OCCCCCCCCCCCC(=O)NC(CO)C(O)CCCCCCCCCCCCCC. The number of carbonyl (C=O) groups excluding carboxylic acids is 2. The maximum atomic E-state index is 12.4. The molecule has 0 fully saturated rings. The summed E-state index contributed by atoms with van der Waals surface area (Å²) in [7, 11) is 0. The Balaban J connectivity index is 3.47. The van der Waals surface area contributed by atoms with Gasteiger partial charge in [0.15, 0.2) is 0 Å². The van der Waals surface area contributed by atoms with Crippen molar-refractivity contribution in [3.05, 3.63) is 0 Å². The number of ether oxygens (including phenoxy) is 1. The lowest BCUT2D eigenvalue weighted by atomic mass is 10.0. The summed E-state index contributed by atoms with van der Waals surface area (Å²) in [5, 5.41) is 23.1. The topological polar surface area (TPSA) is 95.9 Å². The lowest BCUT2D eigenvalue weighted by molar-refractivity contribution is -0.143. The van der Waals surface area contributed by atoms with Gasteiger partial charge in [-0.25, -0.2) is 0 Å². The maximum Gasteiger partial charge on any atom is 0.305 e. The van der Waals surface area contributed by atoms with Crippen LogP contribution in [0.4, 0.5) is 0 Å². The summed E-state index contributed by atoms with van der Waals surface area (Å²) < 4.78 is 5.44. The summed E-state index contributed by atoms with van der Waals surface area (Å²) in [5.41, 5.74) is 0. The first kappa shape index (κ1) is 50.9. The van der Waals surface area contributed by atoms with Gasteiger partial charge in [0.05, 0.1) is 25.4 Å². The molecule has 0 aliphatic carbocycles. The van der Waals surface area contributed by atoms with E-state index in [0.717, 1.165) is 57.8 Å². The number of hydrogen-bond acceptors (Lipinski definition) is 5. The van der Waals surface area contributed by atoms with Crippen LogP contribution >= 0.6 is 0 Å². The third-order valence-electron chi connectivity index (χ3n) is 10.9. The second kappa shape index (κ2) is 42.6. The molecule has 0 saturated carbocycles. The van der Waals surface area contributed by atoms with Crippen molar-refractivity contribution in [2.24, 2.45) is 0 Å². The highest BCUT2D eigenvalue weighted by atomic mass is 16.5. The van der Waals surface area contributed by atoms with Gasteiger partial charge in [-0.1, -0.05) is 219 Å². The third-order valence-corrected chi connectivity index (χ3v) is 10.9. The molecule has 0 rings (SSSR count). The number of esters is 1. The zero-order chi connectivity index (χ0) is 38.0. The summed E-state index contributed by atoms with van der Waals surface area (Å²) in [5.74, 6) is -0.0847. The molecular formula is C46H91NO5. The molecule has 0 bridgehead atoms. The van der Waals surface area contributed by atoms with E-state index in [2.05, 4.69) is 19.2 Å². The van der Waals surface area contributed by atoms with Gasteiger partial charge in [-0.3, -0.25) is 9.59 Å². The Hall–Kier alpha value is -1.14. The van der Waals surface area contributed by atoms with Crippen molar-refractivity contribution < 1.29 is 24.5 Å². The van der Waals surface area contributed by atoms with Crippen LogP contribution in [0.25, 0.3) is 0 Å². The normalized spacial score (nSPS) is 12.6. The standard InChI is InChI=1S/C46H91NO5/c1-3-5-7-9-11-13-15-17-18-20-24-28-32-36-40-46(51)52-41-37-33-29-25-21-23-27-31-35-39-45(50)47-43(42-48)44(49)38-34-30-26-22-19-16-14-12-10-8-6-4-2/h43-44,48-49H,3-42H2,1-2H3,(H,47,50). The molecule has 3 N–H and O–H groups in total. The zero-order valence-corrected chi connectivity index (χ0v) is 35.1. The molecule has 52 heavy (non-hydrogen) atoms. The number of carbonyl (C=O) groups is 2. The summed E-state index contributed by atoms with van der Waals surface area (Å²) >= 11 is 0. The predicted molar refractivity (Wildman–Crippen MR) is 223 cm³/mol. The Kier molecular flexibility index (Phi) is 41.7. The molecule has 6 heteroatoms. The number of hydrogen-bond donors (Lipinski definition) is 3. The molecular weight excluding hydrogens is 647 g/mol. The number of unbranched alkanes of at least 4 members (excludes halogenated alkanes) is 32. The smallest absolute Gasteiger partial charge is 0.305 e. The van der Waals surface area contributed by atoms with Crippen molar-refractivity contribution in [3.8, 4) is 0 Å². The molecule has 310 valence electrons. The molecule has 0 spiro atoms. The van der Waals surface area contributed by atoms with Crippen LogP contribution in [0.2, 0.25) is 0 Å². The molecule has 0 aromatic heterocycles. The lowest BCUT2D eigenvalue weighted by Crippen LogP contribution is -2.45. The Morgan fingerprint density at radius 3 is 1.17 bits per heavy atom. The van der Waals surface area contributed by atoms with Crippen molar-refractivity contribution in [2.45, 2.75) is 270 Å². The van der Waals surface area contributed by atoms with E-state index in [1.165, 1.54) is 167 Å². The second-order valence-electron chi connectivity index (χ2n) is 16.1. The second-order valence-corrected chi connectivity index (χ2v) is 16.1. The van der Waals surface area contributed by atoms with E-state index in [0.29, 0.717) is 25.9 Å². The average Bonchev–Trinajstić information content (AvgIpc) is 3.14. The van der Waals surface area contributed by atoms with E-state index < -0.39 is 12.1 Å². The van der Waals surface area contributed by atoms with Crippen LogP contribution in [0.5, 0.6) is 0 Å². The van der Waals surface area contributed by atoms with E-state index in [4.69, 9.17) is 4.74 Å². The Bertz CT molecular complexity index is 732. The monoisotopic (exact) mass is 738 g/mol. The molecule has 2 unspecified atom stereocenters. The summed E-state index contributed by atoms with van der Waals surface area (Å²) in [6.07, 6.45) is 44.8. The first-order chi connectivity index (χ1) is 25.5. The number of rotatable bonds is 43. The molecule has 6 nitrogen and oxygen atoms in total. The van der Waals surface area contributed by atoms with E-state index >= 15 is 0 Å². The van der Waals surface area contributed by atoms with E-state index in [-0.39, 0.29) is 18.5 Å². The fourth-order valence-electron chi connectivity index (χ4n) is 7.29. The van der Waals surface area contributed by atoms with E-state index in [1.807, 2.05) is 0 Å². The van der Waals surface area contributed by atoms with Crippen molar-refractivity contribution in [1.29, 1.82) is 0 Å². The van der Waals surface area contributed by atoms with Crippen LogP contribution in [0.1, 0.15) is 258 Å². The molecule has 0 aliphatic rings. The minimum Gasteiger partial charge on any atom is -0.466 e. The minimum absolute atomic E-state index is 0.0227. The highest BCUT2D eigenvalue weighted by Crippen LogP contribution is 2.16. The summed E-state index contributed by atoms with van der Waals surface area (Å²) in [6, 6.07) is -0.558. The third kappa shape index (κ3) is 38.6. The number of aliphatic hydroxyl groups excluding tert-OH is 2. The van der Waals surface area contributed by atoms with Crippen LogP contribution < -0.4 is 5.32 Å². The van der Waals surface area contributed by atoms with Gasteiger partial charge in [-0.15, -0.1) is 0 Å². The van der Waals surface area contributed by atoms with Gasteiger partial charge >= 0.3 is 5.97 Å². The van der Waals surface area contributed by atoms with Gasteiger partial charge in [0.25, 0.3) is 0 Å². The van der Waals surface area contributed by atoms with Gasteiger partial charge in [-0.05, 0) is 25.7 Å². The number of nitrogens with one attached hydrogen (secondary N) is 1. The van der Waals surface area contributed by atoms with Crippen LogP contribution in [-0.4, -0.2) is 47.4 Å². The largest absolute Gasteiger partial charge is 0.466 e. The van der Waals surface area contributed by atoms with Crippen LogP contribution in [0.3, 0.4) is 0 Å². The summed E-state index contributed by atoms with van der Waals surface area (Å²) in [4.78, 5) is 24.4. The van der Waals surface area contributed by atoms with Crippen molar-refractivity contribution >= 4 is 11.9 Å².